The molecule has 0 aliphatic carbocycles. The molecule has 1 unspecified atom stereocenters. The van der Waals surface area contributed by atoms with Crippen LogP contribution in [0, 0.1) is 0 Å². The molecule has 0 aliphatic rings. The van der Waals surface area contributed by atoms with Crippen LogP contribution in [0.15, 0.2) is 24.3 Å². The van der Waals surface area contributed by atoms with Gasteiger partial charge in [0.25, 0.3) is 5.91 Å². The molecule has 1 amide bonds. The second kappa shape index (κ2) is 5.36. The van der Waals surface area contributed by atoms with Crippen LogP contribution in [0.1, 0.15) is 17.3 Å². The minimum absolute atomic E-state index is 0.0000491. The van der Waals surface area contributed by atoms with Crippen molar-refractivity contribution in [2.45, 2.75) is 13.0 Å². The minimum Gasteiger partial charge on any atom is -0.399 e. The van der Waals surface area contributed by atoms with Crippen LogP contribution in [-0.4, -0.2) is 25.7 Å². The van der Waals surface area contributed by atoms with E-state index in [4.69, 9.17) is 10.5 Å². The lowest BCUT2D eigenvalue weighted by atomic mass is 10.2. The van der Waals surface area contributed by atoms with Gasteiger partial charge in [0.1, 0.15) is 0 Å². The van der Waals surface area contributed by atoms with Crippen molar-refractivity contribution in [3.05, 3.63) is 29.8 Å². The lowest BCUT2D eigenvalue weighted by Crippen LogP contribution is -2.35. The molecule has 15 heavy (non-hydrogen) atoms. The van der Waals surface area contributed by atoms with E-state index in [1.54, 1.807) is 31.4 Å². The van der Waals surface area contributed by atoms with Crippen molar-refractivity contribution in [3.8, 4) is 0 Å². The molecule has 4 heteroatoms. The quantitative estimate of drug-likeness (QED) is 0.726. The number of hydrogen-bond donors (Lipinski definition) is 2. The first-order valence-corrected chi connectivity index (χ1v) is 4.79. The Kier molecular flexibility index (Phi) is 4.12. The van der Waals surface area contributed by atoms with Crippen LogP contribution in [0.25, 0.3) is 0 Å². The van der Waals surface area contributed by atoms with Crippen molar-refractivity contribution in [3.63, 3.8) is 0 Å². The first-order valence-electron chi connectivity index (χ1n) is 4.79. The summed E-state index contributed by atoms with van der Waals surface area (Å²) in [6.45, 7) is 2.39. The van der Waals surface area contributed by atoms with Gasteiger partial charge in [-0.1, -0.05) is 0 Å². The highest BCUT2D eigenvalue weighted by atomic mass is 16.5. The Morgan fingerprint density at radius 2 is 2.07 bits per heavy atom. The first kappa shape index (κ1) is 11.5. The van der Waals surface area contributed by atoms with Crippen LogP contribution >= 0.6 is 0 Å². The lowest BCUT2D eigenvalue weighted by Gasteiger charge is -2.12. The number of ether oxygens (including phenoxy) is 1. The Hall–Kier alpha value is -1.55. The van der Waals surface area contributed by atoms with Crippen LogP contribution in [0.4, 0.5) is 5.69 Å². The zero-order valence-corrected chi connectivity index (χ0v) is 8.99. The standard InChI is InChI=1S/C11H16N2O2/c1-8(7-15-2)13-11(14)9-3-5-10(12)6-4-9/h3-6,8H,7,12H2,1-2H3,(H,13,14). The SMILES string of the molecule is COCC(C)NC(=O)c1ccc(N)cc1. The molecule has 0 bridgehead atoms. The first-order chi connectivity index (χ1) is 7.13. The largest absolute Gasteiger partial charge is 0.399 e. The van der Waals surface area contributed by atoms with E-state index in [0.717, 1.165) is 0 Å². The monoisotopic (exact) mass is 208 g/mol. The Balaban J connectivity index is 2.57. The van der Waals surface area contributed by atoms with E-state index in [0.29, 0.717) is 17.9 Å². The van der Waals surface area contributed by atoms with Gasteiger partial charge in [-0.25, -0.2) is 0 Å². The lowest BCUT2D eigenvalue weighted by molar-refractivity contribution is 0.0905. The van der Waals surface area contributed by atoms with Gasteiger partial charge in [-0.3, -0.25) is 4.79 Å². The van der Waals surface area contributed by atoms with Crippen molar-refractivity contribution < 1.29 is 9.53 Å². The van der Waals surface area contributed by atoms with Gasteiger partial charge in [0.2, 0.25) is 0 Å². The molecule has 0 aliphatic heterocycles. The molecule has 4 nitrogen and oxygen atoms in total. The van der Waals surface area contributed by atoms with Gasteiger partial charge in [-0.2, -0.15) is 0 Å². The molecular formula is C11H16N2O2. The number of methoxy groups -OCH3 is 1. The fraction of sp³-hybridized carbons (Fsp3) is 0.364. The average Bonchev–Trinajstić information content (AvgIpc) is 2.18. The molecule has 0 aromatic heterocycles. The van der Waals surface area contributed by atoms with Crippen molar-refractivity contribution >= 4 is 11.6 Å². The third-order valence-electron chi connectivity index (χ3n) is 1.97. The topological polar surface area (TPSA) is 64.3 Å². The van der Waals surface area contributed by atoms with Crippen molar-refractivity contribution in [2.75, 3.05) is 19.5 Å². The maximum Gasteiger partial charge on any atom is 0.251 e. The number of rotatable bonds is 4. The highest BCUT2D eigenvalue weighted by molar-refractivity contribution is 5.94. The van der Waals surface area contributed by atoms with Gasteiger partial charge < -0.3 is 15.8 Å². The van der Waals surface area contributed by atoms with Crippen LogP contribution < -0.4 is 11.1 Å². The van der Waals surface area contributed by atoms with Gasteiger partial charge in [-0.15, -0.1) is 0 Å². The number of nitrogens with one attached hydrogen (secondary N) is 1. The van der Waals surface area contributed by atoms with Gasteiger partial charge in [0, 0.05) is 24.4 Å². The second-order valence-electron chi connectivity index (χ2n) is 3.45. The normalized spacial score (nSPS) is 12.1. The van der Waals surface area contributed by atoms with E-state index in [1.807, 2.05) is 6.92 Å². The summed E-state index contributed by atoms with van der Waals surface area (Å²) < 4.78 is 4.92. The molecule has 0 spiro atoms. The fourth-order valence-corrected chi connectivity index (χ4v) is 1.23. The Labute approximate surface area is 89.4 Å². The van der Waals surface area contributed by atoms with Crippen LogP contribution in [0.5, 0.6) is 0 Å². The number of carbonyl (C=O) groups excluding carboxylic acids is 1. The van der Waals surface area contributed by atoms with Crippen molar-refractivity contribution in [1.82, 2.24) is 5.32 Å². The molecule has 3 N–H and O–H groups in total. The number of hydrogen-bond acceptors (Lipinski definition) is 3. The second-order valence-corrected chi connectivity index (χ2v) is 3.45. The Morgan fingerprint density at radius 1 is 1.47 bits per heavy atom. The zero-order chi connectivity index (χ0) is 11.3. The fourth-order valence-electron chi connectivity index (χ4n) is 1.23. The third kappa shape index (κ3) is 3.59. The summed E-state index contributed by atoms with van der Waals surface area (Å²) in [4.78, 5) is 11.6. The molecule has 1 rings (SSSR count). The predicted octanol–water partition coefficient (Wildman–Crippen LogP) is 1.03. The van der Waals surface area contributed by atoms with Crippen LogP contribution in [0.2, 0.25) is 0 Å². The molecule has 1 atom stereocenters. The summed E-state index contributed by atoms with van der Waals surface area (Å²) >= 11 is 0. The van der Waals surface area contributed by atoms with Crippen molar-refractivity contribution in [1.29, 1.82) is 0 Å². The van der Waals surface area contributed by atoms with Crippen molar-refractivity contribution in [2.24, 2.45) is 0 Å². The molecule has 82 valence electrons. The van der Waals surface area contributed by atoms with E-state index >= 15 is 0 Å². The summed E-state index contributed by atoms with van der Waals surface area (Å²) in [5.74, 6) is -0.112. The van der Waals surface area contributed by atoms with Crippen LogP contribution in [-0.2, 0) is 4.74 Å². The van der Waals surface area contributed by atoms with E-state index in [1.165, 1.54) is 0 Å². The van der Waals surface area contributed by atoms with E-state index in [9.17, 15) is 4.79 Å². The highest BCUT2D eigenvalue weighted by Gasteiger charge is 2.08. The number of carbonyl (C=O) groups is 1. The van der Waals surface area contributed by atoms with E-state index in [2.05, 4.69) is 5.32 Å². The zero-order valence-electron chi connectivity index (χ0n) is 8.99. The number of amides is 1. The summed E-state index contributed by atoms with van der Waals surface area (Å²) in [5.41, 5.74) is 6.78. The molecule has 0 saturated carbocycles. The van der Waals surface area contributed by atoms with Gasteiger partial charge in [0.05, 0.1) is 6.61 Å². The highest BCUT2D eigenvalue weighted by Crippen LogP contribution is 2.05. The minimum atomic E-state index is -0.112. The van der Waals surface area contributed by atoms with Gasteiger partial charge >= 0.3 is 0 Å². The summed E-state index contributed by atoms with van der Waals surface area (Å²) in [5, 5.41) is 2.81. The number of anilines is 1. The molecular weight excluding hydrogens is 192 g/mol. The molecule has 0 fully saturated rings. The summed E-state index contributed by atoms with van der Waals surface area (Å²) in [6.07, 6.45) is 0. The Bertz CT molecular complexity index is 322. The molecule has 0 radical (unpaired) electrons. The summed E-state index contributed by atoms with van der Waals surface area (Å²) in [7, 11) is 1.60. The maximum absolute atomic E-state index is 11.6. The smallest absolute Gasteiger partial charge is 0.251 e. The Morgan fingerprint density at radius 3 is 2.60 bits per heavy atom. The number of nitrogen functional groups attached to an aromatic ring is 1. The van der Waals surface area contributed by atoms with Gasteiger partial charge in [-0.05, 0) is 31.2 Å². The molecule has 0 saturated heterocycles. The third-order valence-corrected chi connectivity index (χ3v) is 1.97. The number of nitrogens with two attached hydrogens (primary N) is 1. The van der Waals surface area contributed by atoms with E-state index in [-0.39, 0.29) is 11.9 Å². The molecule has 0 heterocycles. The number of benzene rings is 1. The van der Waals surface area contributed by atoms with Crippen LogP contribution in [0.3, 0.4) is 0 Å². The van der Waals surface area contributed by atoms with E-state index < -0.39 is 0 Å². The predicted molar refractivity (Wildman–Crippen MR) is 59.7 cm³/mol. The molecule has 1 aromatic rings. The maximum atomic E-state index is 11.6. The van der Waals surface area contributed by atoms with Gasteiger partial charge in [0.15, 0.2) is 0 Å². The summed E-state index contributed by atoms with van der Waals surface area (Å²) in [6, 6.07) is 6.81. The molecule has 1 aromatic carbocycles. The average molecular weight is 208 g/mol.